The van der Waals surface area contributed by atoms with Crippen LogP contribution in [0.15, 0.2) is 0 Å². The van der Waals surface area contributed by atoms with Gasteiger partial charge in [0, 0.05) is 19.5 Å². The van der Waals surface area contributed by atoms with E-state index in [1.807, 2.05) is 18.9 Å². The molecule has 0 radical (unpaired) electrons. The van der Waals surface area contributed by atoms with E-state index in [1.165, 1.54) is 6.42 Å². The SMILES string of the molecule is CCN(C)C(=O)C1CCCC(CN)C1. The molecule has 1 amide bonds. The van der Waals surface area contributed by atoms with E-state index < -0.39 is 0 Å². The predicted octanol–water partition coefficient (Wildman–Crippen LogP) is 1.23. The Bertz CT molecular complexity index is 194. The standard InChI is InChI=1S/C11H22N2O/c1-3-13(2)11(14)10-6-4-5-9(7-10)8-12/h9-10H,3-8,12H2,1-2H3. The number of rotatable bonds is 3. The first-order chi connectivity index (χ1) is 6.69. The molecule has 0 aliphatic heterocycles. The van der Waals surface area contributed by atoms with Gasteiger partial charge in [0.25, 0.3) is 0 Å². The van der Waals surface area contributed by atoms with Crippen LogP contribution in [-0.4, -0.2) is 30.9 Å². The van der Waals surface area contributed by atoms with Crippen molar-refractivity contribution in [2.24, 2.45) is 17.6 Å². The summed E-state index contributed by atoms with van der Waals surface area (Å²) >= 11 is 0. The number of nitrogens with zero attached hydrogens (tertiary/aromatic N) is 1. The van der Waals surface area contributed by atoms with E-state index in [9.17, 15) is 4.79 Å². The van der Waals surface area contributed by atoms with Gasteiger partial charge in [-0.25, -0.2) is 0 Å². The number of carbonyl (C=O) groups is 1. The van der Waals surface area contributed by atoms with Gasteiger partial charge < -0.3 is 10.6 Å². The molecule has 3 heteroatoms. The molecule has 2 unspecified atom stereocenters. The maximum Gasteiger partial charge on any atom is 0.225 e. The highest BCUT2D eigenvalue weighted by Gasteiger charge is 2.27. The van der Waals surface area contributed by atoms with Crippen LogP contribution in [0.25, 0.3) is 0 Å². The van der Waals surface area contributed by atoms with Gasteiger partial charge in [-0.1, -0.05) is 6.42 Å². The molecule has 0 aromatic carbocycles. The first-order valence-corrected chi connectivity index (χ1v) is 5.64. The van der Waals surface area contributed by atoms with Crippen LogP contribution in [0.4, 0.5) is 0 Å². The van der Waals surface area contributed by atoms with Crippen molar-refractivity contribution in [2.75, 3.05) is 20.1 Å². The molecule has 0 bridgehead atoms. The molecule has 1 saturated carbocycles. The molecule has 1 aliphatic carbocycles. The molecule has 0 saturated heterocycles. The van der Waals surface area contributed by atoms with Crippen LogP contribution < -0.4 is 5.73 Å². The summed E-state index contributed by atoms with van der Waals surface area (Å²) in [6.45, 7) is 3.56. The van der Waals surface area contributed by atoms with Crippen molar-refractivity contribution < 1.29 is 4.79 Å². The number of nitrogens with two attached hydrogens (primary N) is 1. The highest BCUT2D eigenvalue weighted by Crippen LogP contribution is 2.29. The number of hydrogen-bond donors (Lipinski definition) is 1. The highest BCUT2D eigenvalue weighted by molar-refractivity contribution is 5.78. The molecule has 0 spiro atoms. The second-order valence-corrected chi connectivity index (χ2v) is 4.32. The van der Waals surface area contributed by atoms with Crippen LogP contribution in [0.1, 0.15) is 32.6 Å². The van der Waals surface area contributed by atoms with Crippen LogP contribution >= 0.6 is 0 Å². The zero-order valence-electron chi connectivity index (χ0n) is 9.33. The monoisotopic (exact) mass is 198 g/mol. The summed E-state index contributed by atoms with van der Waals surface area (Å²) in [5, 5.41) is 0. The Morgan fingerprint density at radius 2 is 2.21 bits per heavy atom. The van der Waals surface area contributed by atoms with Crippen molar-refractivity contribution >= 4 is 5.91 Å². The largest absolute Gasteiger partial charge is 0.346 e. The molecule has 1 rings (SSSR count). The normalized spacial score (nSPS) is 27.4. The fourth-order valence-electron chi connectivity index (χ4n) is 2.20. The minimum atomic E-state index is 0.238. The Morgan fingerprint density at radius 3 is 2.79 bits per heavy atom. The van der Waals surface area contributed by atoms with E-state index in [0.29, 0.717) is 11.8 Å². The first kappa shape index (κ1) is 11.5. The van der Waals surface area contributed by atoms with E-state index >= 15 is 0 Å². The highest BCUT2D eigenvalue weighted by atomic mass is 16.2. The van der Waals surface area contributed by atoms with Gasteiger partial charge in [0.05, 0.1) is 0 Å². The quantitative estimate of drug-likeness (QED) is 0.741. The third kappa shape index (κ3) is 2.71. The van der Waals surface area contributed by atoms with Crippen molar-refractivity contribution in [1.82, 2.24) is 4.90 Å². The van der Waals surface area contributed by atoms with Gasteiger partial charge in [0.2, 0.25) is 5.91 Å². The maximum atomic E-state index is 11.9. The Kier molecular flexibility index (Phi) is 4.39. The zero-order chi connectivity index (χ0) is 10.6. The molecule has 0 aromatic rings. The van der Waals surface area contributed by atoms with E-state index in [-0.39, 0.29) is 5.92 Å². The van der Waals surface area contributed by atoms with Gasteiger partial charge in [0.1, 0.15) is 0 Å². The van der Waals surface area contributed by atoms with Crippen LogP contribution in [0.2, 0.25) is 0 Å². The van der Waals surface area contributed by atoms with Crippen LogP contribution in [0, 0.1) is 11.8 Å². The second-order valence-electron chi connectivity index (χ2n) is 4.32. The average Bonchev–Trinajstić information content (AvgIpc) is 2.27. The van der Waals surface area contributed by atoms with Gasteiger partial charge in [-0.05, 0) is 38.6 Å². The third-order valence-corrected chi connectivity index (χ3v) is 3.32. The number of carbonyl (C=O) groups excluding carboxylic acids is 1. The summed E-state index contributed by atoms with van der Waals surface area (Å²) in [6, 6.07) is 0. The fourth-order valence-corrected chi connectivity index (χ4v) is 2.20. The van der Waals surface area contributed by atoms with E-state index in [4.69, 9.17) is 5.73 Å². The van der Waals surface area contributed by atoms with Crippen molar-refractivity contribution in [3.63, 3.8) is 0 Å². The molecule has 82 valence electrons. The Hall–Kier alpha value is -0.570. The topological polar surface area (TPSA) is 46.3 Å². The van der Waals surface area contributed by atoms with Gasteiger partial charge in [-0.15, -0.1) is 0 Å². The molecule has 0 heterocycles. The molecule has 0 aromatic heterocycles. The number of amides is 1. The second kappa shape index (κ2) is 5.35. The van der Waals surface area contributed by atoms with Crippen LogP contribution in [-0.2, 0) is 4.79 Å². The lowest BCUT2D eigenvalue weighted by atomic mass is 9.81. The average molecular weight is 198 g/mol. The molecule has 2 atom stereocenters. The van der Waals surface area contributed by atoms with Gasteiger partial charge in [-0.3, -0.25) is 4.79 Å². The summed E-state index contributed by atoms with van der Waals surface area (Å²) in [4.78, 5) is 13.7. The van der Waals surface area contributed by atoms with Crippen LogP contribution in [0.5, 0.6) is 0 Å². The smallest absolute Gasteiger partial charge is 0.225 e. The summed E-state index contributed by atoms with van der Waals surface area (Å²) < 4.78 is 0. The Morgan fingerprint density at radius 1 is 1.50 bits per heavy atom. The Labute approximate surface area is 86.6 Å². The summed E-state index contributed by atoms with van der Waals surface area (Å²) in [5.74, 6) is 1.12. The lowest BCUT2D eigenvalue weighted by molar-refractivity contribution is -0.135. The minimum Gasteiger partial charge on any atom is -0.346 e. The zero-order valence-corrected chi connectivity index (χ0v) is 9.33. The molecule has 14 heavy (non-hydrogen) atoms. The minimum absolute atomic E-state index is 0.238. The van der Waals surface area contributed by atoms with Crippen molar-refractivity contribution in [1.29, 1.82) is 0 Å². The third-order valence-electron chi connectivity index (χ3n) is 3.32. The lowest BCUT2D eigenvalue weighted by Crippen LogP contribution is -2.36. The molecule has 1 fully saturated rings. The Balaban J connectivity index is 2.47. The van der Waals surface area contributed by atoms with Gasteiger partial charge >= 0.3 is 0 Å². The van der Waals surface area contributed by atoms with Crippen molar-refractivity contribution in [2.45, 2.75) is 32.6 Å². The lowest BCUT2D eigenvalue weighted by Gasteiger charge is -2.30. The summed E-state index contributed by atoms with van der Waals surface area (Å²) in [7, 11) is 1.88. The van der Waals surface area contributed by atoms with Crippen LogP contribution in [0.3, 0.4) is 0 Å². The molecule has 2 N–H and O–H groups in total. The maximum absolute atomic E-state index is 11.9. The van der Waals surface area contributed by atoms with Crippen molar-refractivity contribution in [3.05, 3.63) is 0 Å². The summed E-state index contributed by atoms with van der Waals surface area (Å²) in [5.41, 5.74) is 5.65. The molecule has 3 nitrogen and oxygen atoms in total. The first-order valence-electron chi connectivity index (χ1n) is 5.64. The molecular weight excluding hydrogens is 176 g/mol. The van der Waals surface area contributed by atoms with E-state index in [0.717, 1.165) is 32.4 Å². The molecule has 1 aliphatic rings. The number of hydrogen-bond acceptors (Lipinski definition) is 2. The molecular formula is C11H22N2O. The summed E-state index contributed by atoms with van der Waals surface area (Å²) in [6.07, 6.45) is 4.42. The fraction of sp³-hybridized carbons (Fsp3) is 0.909. The van der Waals surface area contributed by atoms with Gasteiger partial charge in [-0.2, -0.15) is 0 Å². The van der Waals surface area contributed by atoms with Gasteiger partial charge in [0.15, 0.2) is 0 Å². The van der Waals surface area contributed by atoms with E-state index in [2.05, 4.69) is 0 Å². The predicted molar refractivity (Wildman–Crippen MR) is 57.8 cm³/mol. The van der Waals surface area contributed by atoms with Crippen molar-refractivity contribution in [3.8, 4) is 0 Å². The van der Waals surface area contributed by atoms with E-state index in [1.54, 1.807) is 0 Å².